The molecule has 1 aromatic carbocycles. The van der Waals surface area contributed by atoms with Gasteiger partial charge in [-0.1, -0.05) is 20.3 Å². The number of benzene rings is 1. The molecule has 0 aliphatic rings. The number of nitrogens with one attached hydrogen (secondary N) is 1. The molecule has 1 unspecified atom stereocenters. The second-order valence-electron chi connectivity index (χ2n) is 4.26. The minimum atomic E-state index is 0.510. The van der Waals surface area contributed by atoms with Gasteiger partial charge >= 0.3 is 0 Å². The minimum Gasteiger partial charge on any atom is -0.494 e. The van der Waals surface area contributed by atoms with E-state index in [9.17, 15) is 0 Å². The molecule has 0 saturated carbocycles. The van der Waals surface area contributed by atoms with Crippen LogP contribution in [0.4, 0.5) is 11.4 Å². The number of ether oxygens (including phenoxy) is 1. The maximum atomic E-state index is 5.86. The Labute approximate surface area is 104 Å². The number of nitrogens with two attached hydrogens (primary N) is 1. The van der Waals surface area contributed by atoms with Crippen molar-refractivity contribution in [3.63, 3.8) is 0 Å². The molecule has 0 radical (unpaired) electrons. The Morgan fingerprint density at radius 3 is 2.59 bits per heavy atom. The van der Waals surface area contributed by atoms with Crippen LogP contribution < -0.4 is 15.8 Å². The monoisotopic (exact) mass is 236 g/mol. The normalized spacial score (nSPS) is 12.2. The van der Waals surface area contributed by atoms with Crippen molar-refractivity contribution in [1.29, 1.82) is 0 Å². The number of nitrogen functional groups attached to an aromatic ring is 1. The van der Waals surface area contributed by atoms with Crippen LogP contribution >= 0.6 is 0 Å². The third-order valence-corrected chi connectivity index (χ3v) is 2.74. The van der Waals surface area contributed by atoms with E-state index in [0.29, 0.717) is 12.6 Å². The van der Waals surface area contributed by atoms with E-state index in [1.807, 2.05) is 25.1 Å². The molecule has 3 N–H and O–H groups in total. The van der Waals surface area contributed by atoms with Crippen molar-refractivity contribution in [2.45, 2.75) is 46.1 Å². The third kappa shape index (κ3) is 4.55. The van der Waals surface area contributed by atoms with Crippen LogP contribution in [-0.4, -0.2) is 12.6 Å². The second-order valence-corrected chi connectivity index (χ2v) is 4.26. The smallest absolute Gasteiger partial charge is 0.123 e. The summed E-state index contributed by atoms with van der Waals surface area (Å²) >= 11 is 0. The van der Waals surface area contributed by atoms with Crippen LogP contribution in [0, 0.1) is 0 Å². The molecule has 0 bridgehead atoms. The first-order valence-electron chi connectivity index (χ1n) is 6.49. The van der Waals surface area contributed by atoms with Gasteiger partial charge < -0.3 is 15.8 Å². The molecule has 3 heteroatoms. The Hall–Kier alpha value is -1.38. The Morgan fingerprint density at radius 2 is 2.00 bits per heavy atom. The number of rotatable bonds is 7. The quantitative estimate of drug-likeness (QED) is 0.710. The van der Waals surface area contributed by atoms with Gasteiger partial charge in [0.15, 0.2) is 0 Å². The van der Waals surface area contributed by atoms with E-state index >= 15 is 0 Å². The number of anilines is 2. The molecule has 1 rings (SSSR count). The van der Waals surface area contributed by atoms with Crippen molar-refractivity contribution in [3.8, 4) is 5.75 Å². The maximum absolute atomic E-state index is 5.86. The predicted octanol–water partition coefficient (Wildman–Crippen LogP) is 3.66. The van der Waals surface area contributed by atoms with Gasteiger partial charge in [-0.3, -0.25) is 0 Å². The highest BCUT2D eigenvalue weighted by molar-refractivity contribution is 5.59. The van der Waals surface area contributed by atoms with Crippen LogP contribution in [0.15, 0.2) is 18.2 Å². The summed E-state index contributed by atoms with van der Waals surface area (Å²) < 4.78 is 5.48. The van der Waals surface area contributed by atoms with E-state index in [0.717, 1.165) is 23.5 Å². The predicted molar refractivity (Wildman–Crippen MR) is 74.6 cm³/mol. The molecule has 0 fully saturated rings. The van der Waals surface area contributed by atoms with Gasteiger partial charge in [-0.2, -0.15) is 0 Å². The fourth-order valence-electron chi connectivity index (χ4n) is 1.92. The first-order valence-corrected chi connectivity index (χ1v) is 6.49. The average molecular weight is 236 g/mol. The maximum Gasteiger partial charge on any atom is 0.123 e. The Kier molecular flexibility index (Phi) is 5.67. The molecule has 1 aromatic rings. The number of hydrogen-bond acceptors (Lipinski definition) is 3. The van der Waals surface area contributed by atoms with Gasteiger partial charge in [0.05, 0.1) is 6.61 Å². The zero-order valence-corrected chi connectivity index (χ0v) is 11.1. The van der Waals surface area contributed by atoms with Crippen LogP contribution in [0.5, 0.6) is 5.75 Å². The third-order valence-electron chi connectivity index (χ3n) is 2.74. The van der Waals surface area contributed by atoms with E-state index in [-0.39, 0.29) is 0 Å². The standard InChI is InChI=1S/C14H24N2O/c1-4-7-12(5-2)16-13-8-11(15)9-14(10-13)17-6-3/h8-10,12,16H,4-7,15H2,1-3H3. The Bertz CT molecular complexity index is 339. The summed E-state index contributed by atoms with van der Waals surface area (Å²) in [7, 11) is 0. The highest BCUT2D eigenvalue weighted by Crippen LogP contribution is 2.24. The molecule has 0 aromatic heterocycles. The highest BCUT2D eigenvalue weighted by atomic mass is 16.5. The van der Waals surface area contributed by atoms with Gasteiger partial charge in [0.1, 0.15) is 5.75 Å². The summed E-state index contributed by atoms with van der Waals surface area (Å²) in [6, 6.07) is 6.34. The van der Waals surface area contributed by atoms with Crippen molar-refractivity contribution in [2.24, 2.45) is 0 Å². The van der Waals surface area contributed by atoms with E-state index in [1.54, 1.807) is 0 Å². The second kappa shape index (κ2) is 7.05. The van der Waals surface area contributed by atoms with E-state index in [4.69, 9.17) is 10.5 Å². The van der Waals surface area contributed by atoms with Gasteiger partial charge in [-0.25, -0.2) is 0 Å². The molecule has 0 heterocycles. The van der Waals surface area contributed by atoms with E-state index in [2.05, 4.69) is 19.2 Å². The zero-order valence-electron chi connectivity index (χ0n) is 11.1. The van der Waals surface area contributed by atoms with Crippen molar-refractivity contribution >= 4 is 11.4 Å². The molecular weight excluding hydrogens is 212 g/mol. The Morgan fingerprint density at radius 1 is 1.24 bits per heavy atom. The molecule has 17 heavy (non-hydrogen) atoms. The minimum absolute atomic E-state index is 0.510. The fourth-order valence-corrected chi connectivity index (χ4v) is 1.92. The molecule has 96 valence electrons. The van der Waals surface area contributed by atoms with Crippen molar-refractivity contribution in [3.05, 3.63) is 18.2 Å². The van der Waals surface area contributed by atoms with Crippen molar-refractivity contribution in [1.82, 2.24) is 0 Å². The zero-order chi connectivity index (χ0) is 12.7. The molecule has 0 aliphatic heterocycles. The molecule has 1 atom stereocenters. The Balaban J connectivity index is 2.75. The average Bonchev–Trinajstić information content (AvgIpc) is 2.28. The summed E-state index contributed by atoms with van der Waals surface area (Å²) in [5.41, 5.74) is 7.65. The lowest BCUT2D eigenvalue weighted by molar-refractivity contribution is 0.340. The van der Waals surface area contributed by atoms with E-state index < -0.39 is 0 Å². The highest BCUT2D eigenvalue weighted by Gasteiger charge is 2.06. The topological polar surface area (TPSA) is 47.3 Å². The SMILES string of the molecule is CCCC(CC)Nc1cc(N)cc(OCC)c1. The van der Waals surface area contributed by atoms with Crippen LogP contribution in [-0.2, 0) is 0 Å². The lowest BCUT2D eigenvalue weighted by atomic mass is 10.1. The molecule has 0 spiro atoms. The summed E-state index contributed by atoms with van der Waals surface area (Å²) in [5, 5.41) is 3.51. The van der Waals surface area contributed by atoms with Gasteiger partial charge in [-0.15, -0.1) is 0 Å². The fraction of sp³-hybridized carbons (Fsp3) is 0.571. The first-order chi connectivity index (χ1) is 8.19. The largest absolute Gasteiger partial charge is 0.494 e. The van der Waals surface area contributed by atoms with Gasteiger partial charge in [-0.05, 0) is 25.8 Å². The van der Waals surface area contributed by atoms with Crippen LogP contribution in [0.2, 0.25) is 0 Å². The van der Waals surface area contributed by atoms with Crippen molar-refractivity contribution in [2.75, 3.05) is 17.7 Å². The van der Waals surface area contributed by atoms with E-state index in [1.165, 1.54) is 12.8 Å². The van der Waals surface area contributed by atoms with Gasteiger partial charge in [0.25, 0.3) is 0 Å². The summed E-state index contributed by atoms with van der Waals surface area (Å²) in [6.45, 7) is 7.04. The van der Waals surface area contributed by atoms with Gasteiger partial charge in [0, 0.05) is 29.5 Å². The lowest BCUT2D eigenvalue weighted by Gasteiger charge is -2.18. The summed E-state index contributed by atoms with van der Waals surface area (Å²) in [6.07, 6.45) is 3.48. The van der Waals surface area contributed by atoms with Crippen molar-refractivity contribution < 1.29 is 4.74 Å². The van der Waals surface area contributed by atoms with Crippen LogP contribution in [0.25, 0.3) is 0 Å². The number of hydrogen-bond donors (Lipinski definition) is 2. The molecule has 0 saturated heterocycles. The van der Waals surface area contributed by atoms with Crippen LogP contribution in [0.1, 0.15) is 40.0 Å². The molecule has 3 nitrogen and oxygen atoms in total. The molecule has 0 aliphatic carbocycles. The first kappa shape index (κ1) is 13.7. The lowest BCUT2D eigenvalue weighted by Crippen LogP contribution is -2.18. The summed E-state index contributed by atoms with van der Waals surface area (Å²) in [4.78, 5) is 0. The summed E-state index contributed by atoms with van der Waals surface area (Å²) in [5.74, 6) is 0.835. The van der Waals surface area contributed by atoms with Crippen LogP contribution in [0.3, 0.4) is 0 Å². The van der Waals surface area contributed by atoms with Gasteiger partial charge in [0.2, 0.25) is 0 Å². The molecular formula is C14H24N2O. The molecule has 0 amide bonds.